The molecule has 0 aliphatic rings. The lowest BCUT2D eigenvalue weighted by Crippen LogP contribution is -2.24. The van der Waals surface area contributed by atoms with Crippen molar-refractivity contribution < 1.29 is 0 Å². The zero-order chi connectivity index (χ0) is 14.5. The number of halogens is 1. The molecule has 0 aromatic carbocycles. The maximum atomic E-state index is 6.29. The summed E-state index contributed by atoms with van der Waals surface area (Å²) < 4.78 is 1.89. The Morgan fingerprint density at radius 2 is 2.20 bits per heavy atom. The Kier molecular flexibility index (Phi) is 5.11. The lowest BCUT2D eigenvalue weighted by atomic mass is 10.1. The topological polar surface area (TPSA) is 60.0 Å². The lowest BCUT2D eigenvalue weighted by Gasteiger charge is -2.16. The molecule has 2 rings (SSSR count). The minimum atomic E-state index is -0.184. The van der Waals surface area contributed by atoms with Crippen LogP contribution < -0.4 is 5.73 Å². The van der Waals surface area contributed by atoms with Gasteiger partial charge in [0.15, 0.2) is 0 Å². The first-order valence-corrected chi connectivity index (χ1v) is 6.96. The summed E-state index contributed by atoms with van der Waals surface area (Å²) in [7, 11) is 4.06. The van der Waals surface area contributed by atoms with Crippen molar-refractivity contribution in [2.45, 2.75) is 19.0 Å². The quantitative estimate of drug-likeness (QED) is 0.881. The number of rotatable bonds is 6. The van der Waals surface area contributed by atoms with Crippen LogP contribution >= 0.6 is 11.6 Å². The lowest BCUT2D eigenvalue weighted by molar-refractivity contribution is 0.366. The third kappa shape index (κ3) is 3.79. The smallest absolute Gasteiger partial charge is 0.0834 e. The van der Waals surface area contributed by atoms with E-state index >= 15 is 0 Å². The number of nitrogens with zero attached hydrogens (tertiary/aromatic N) is 4. The van der Waals surface area contributed by atoms with Crippen LogP contribution in [0.4, 0.5) is 0 Å². The van der Waals surface area contributed by atoms with Gasteiger partial charge in [-0.3, -0.25) is 9.67 Å². The summed E-state index contributed by atoms with van der Waals surface area (Å²) in [6.07, 6.45) is 5.94. The van der Waals surface area contributed by atoms with Gasteiger partial charge in [-0.05, 0) is 32.1 Å². The largest absolute Gasteiger partial charge is 0.322 e. The molecule has 2 heterocycles. The summed E-state index contributed by atoms with van der Waals surface area (Å²) in [6, 6.07) is 3.74. The van der Waals surface area contributed by atoms with E-state index in [1.807, 2.05) is 37.1 Å². The van der Waals surface area contributed by atoms with Crippen molar-refractivity contribution in [3.63, 3.8) is 0 Å². The standard InChI is InChI=1S/C14H20ClN5/c1-19(2)6-7-20-14(12(15)10-18-20)13(16)8-11-4-3-5-17-9-11/h3-5,9-10,13H,6-8,16H2,1-2H3. The Hall–Kier alpha value is -1.43. The van der Waals surface area contributed by atoms with E-state index in [-0.39, 0.29) is 6.04 Å². The van der Waals surface area contributed by atoms with E-state index in [2.05, 4.69) is 15.0 Å². The summed E-state index contributed by atoms with van der Waals surface area (Å²) in [5, 5.41) is 4.94. The van der Waals surface area contributed by atoms with Crippen LogP contribution in [0, 0.1) is 0 Å². The molecule has 0 amide bonds. The number of pyridine rings is 1. The van der Waals surface area contributed by atoms with Crippen LogP contribution in [0.5, 0.6) is 0 Å². The van der Waals surface area contributed by atoms with Gasteiger partial charge in [0.2, 0.25) is 0 Å². The SMILES string of the molecule is CN(C)CCn1ncc(Cl)c1C(N)Cc1cccnc1. The van der Waals surface area contributed by atoms with Gasteiger partial charge in [0.25, 0.3) is 0 Å². The first-order valence-electron chi connectivity index (χ1n) is 6.58. The molecule has 0 aliphatic heterocycles. The van der Waals surface area contributed by atoms with Gasteiger partial charge in [-0.2, -0.15) is 5.10 Å². The Balaban J connectivity index is 2.12. The summed E-state index contributed by atoms with van der Waals surface area (Å²) in [5.74, 6) is 0. The molecule has 0 bridgehead atoms. The molecule has 6 heteroatoms. The highest BCUT2D eigenvalue weighted by Crippen LogP contribution is 2.23. The van der Waals surface area contributed by atoms with E-state index in [0.717, 1.165) is 24.3 Å². The predicted octanol–water partition coefficient (Wildman–Crippen LogP) is 1.74. The molecule has 0 saturated carbocycles. The third-order valence-electron chi connectivity index (χ3n) is 3.12. The molecule has 0 saturated heterocycles. The average molecular weight is 294 g/mol. The highest BCUT2D eigenvalue weighted by molar-refractivity contribution is 6.31. The van der Waals surface area contributed by atoms with Crippen LogP contribution in [0.3, 0.4) is 0 Å². The first kappa shape index (κ1) is 15.0. The van der Waals surface area contributed by atoms with E-state index < -0.39 is 0 Å². The van der Waals surface area contributed by atoms with Crippen LogP contribution in [0.15, 0.2) is 30.7 Å². The average Bonchev–Trinajstić information content (AvgIpc) is 2.78. The van der Waals surface area contributed by atoms with Crippen molar-refractivity contribution in [2.75, 3.05) is 20.6 Å². The van der Waals surface area contributed by atoms with E-state index in [9.17, 15) is 0 Å². The molecule has 20 heavy (non-hydrogen) atoms. The Bertz CT molecular complexity index is 538. The second-order valence-electron chi connectivity index (χ2n) is 5.08. The monoisotopic (exact) mass is 293 g/mol. The van der Waals surface area contributed by atoms with Crippen LogP contribution in [-0.2, 0) is 13.0 Å². The minimum absolute atomic E-state index is 0.184. The van der Waals surface area contributed by atoms with Gasteiger partial charge in [-0.15, -0.1) is 0 Å². The molecule has 5 nitrogen and oxygen atoms in total. The maximum absolute atomic E-state index is 6.29. The second kappa shape index (κ2) is 6.83. The Morgan fingerprint density at radius 1 is 1.40 bits per heavy atom. The molecule has 108 valence electrons. The fraction of sp³-hybridized carbons (Fsp3) is 0.429. The second-order valence-corrected chi connectivity index (χ2v) is 5.48. The summed E-state index contributed by atoms with van der Waals surface area (Å²) in [6.45, 7) is 1.67. The summed E-state index contributed by atoms with van der Waals surface area (Å²) in [5.41, 5.74) is 8.27. The van der Waals surface area contributed by atoms with Gasteiger partial charge in [-0.25, -0.2) is 0 Å². The van der Waals surface area contributed by atoms with Gasteiger partial charge in [0, 0.05) is 18.9 Å². The number of likely N-dealkylation sites (N-methyl/N-ethyl adjacent to an activating group) is 1. The zero-order valence-corrected chi connectivity index (χ0v) is 12.6. The van der Waals surface area contributed by atoms with Crippen molar-refractivity contribution in [1.82, 2.24) is 19.7 Å². The third-order valence-corrected chi connectivity index (χ3v) is 3.41. The number of hydrogen-bond acceptors (Lipinski definition) is 4. The molecule has 0 radical (unpaired) electrons. The van der Waals surface area contributed by atoms with Crippen molar-refractivity contribution >= 4 is 11.6 Å². The van der Waals surface area contributed by atoms with Crippen molar-refractivity contribution in [2.24, 2.45) is 5.73 Å². The molecule has 1 atom stereocenters. The normalized spacial score (nSPS) is 12.8. The van der Waals surface area contributed by atoms with Crippen LogP contribution in [0.1, 0.15) is 17.3 Å². The van der Waals surface area contributed by atoms with Gasteiger partial charge < -0.3 is 10.6 Å². The molecular weight excluding hydrogens is 274 g/mol. The fourth-order valence-electron chi connectivity index (χ4n) is 2.08. The number of nitrogens with two attached hydrogens (primary N) is 1. The number of aromatic nitrogens is 3. The minimum Gasteiger partial charge on any atom is -0.322 e. The van der Waals surface area contributed by atoms with Gasteiger partial charge in [0.05, 0.1) is 29.5 Å². The van der Waals surface area contributed by atoms with E-state index in [4.69, 9.17) is 17.3 Å². The molecule has 1 unspecified atom stereocenters. The molecule has 2 N–H and O–H groups in total. The van der Waals surface area contributed by atoms with Gasteiger partial charge >= 0.3 is 0 Å². The Labute approximate surface area is 124 Å². The molecule has 0 aliphatic carbocycles. The molecule has 2 aromatic rings. The highest BCUT2D eigenvalue weighted by Gasteiger charge is 2.17. The van der Waals surface area contributed by atoms with Gasteiger partial charge in [0.1, 0.15) is 0 Å². The van der Waals surface area contributed by atoms with Crippen LogP contribution in [0.2, 0.25) is 5.02 Å². The summed E-state index contributed by atoms with van der Waals surface area (Å²) in [4.78, 5) is 6.21. The molecule has 2 aromatic heterocycles. The molecule has 0 fully saturated rings. The van der Waals surface area contributed by atoms with Crippen LogP contribution in [0.25, 0.3) is 0 Å². The van der Waals surface area contributed by atoms with E-state index in [1.54, 1.807) is 12.4 Å². The predicted molar refractivity (Wildman–Crippen MR) is 80.7 cm³/mol. The van der Waals surface area contributed by atoms with Crippen molar-refractivity contribution in [1.29, 1.82) is 0 Å². The van der Waals surface area contributed by atoms with Crippen molar-refractivity contribution in [3.05, 3.63) is 47.0 Å². The first-order chi connectivity index (χ1) is 9.58. The highest BCUT2D eigenvalue weighted by atomic mass is 35.5. The fourth-order valence-corrected chi connectivity index (χ4v) is 2.36. The molecule has 0 spiro atoms. The van der Waals surface area contributed by atoms with E-state index in [1.165, 1.54) is 0 Å². The zero-order valence-electron chi connectivity index (χ0n) is 11.8. The number of hydrogen-bond donors (Lipinski definition) is 1. The maximum Gasteiger partial charge on any atom is 0.0834 e. The van der Waals surface area contributed by atoms with E-state index in [0.29, 0.717) is 11.4 Å². The summed E-state index contributed by atoms with van der Waals surface area (Å²) >= 11 is 6.23. The van der Waals surface area contributed by atoms with Crippen LogP contribution in [-0.4, -0.2) is 40.3 Å². The molecular formula is C14H20ClN5. The Morgan fingerprint density at radius 3 is 2.85 bits per heavy atom. The van der Waals surface area contributed by atoms with Crippen molar-refractivity contribution in [3.8, 4) is 0 Å². The van der Waals surface area contributed by atoms with Gasteiger partial charge in [-0.1, -0.05) is 17.7 Å².